The molecule has 96 valence electrons. The van der Waals surface area contributed by atoms with Crippen LogP contribution >= 0.6 is 27.5 Å². The summed E-state index contributed by atoms with van der Waals surface area (Å²) in [6, 6.07) is 4.45. The van der Waals surface area contributed by atoms with Crippen LogP contribution in [0.4, 0.5) is 4.39 Å². The van der Waals surface area contributed by atoms with Gasteiger partial charge in [-0.15, -0.1) is 0 Å². The second kappa shape index (κ2) is 8.03. The van der Waals surface area contributed by atoms with Crippen molar-refractivity contribution in [2.24, 2.45) is 0 Å². The number of methoxy groups -OCH3 is 1. The summed E-state index contributed by atoms with van der Waals surface area (Å²) in [7, 11) is 1.67. The Balaban J connectivity index is 2.67. The molecule has 0 saturated carbocycles. The minimum absolute atomic E-state index is 0.255. The highest BCUT2D eigenvalue weighted by atomic mass is 79.9. The highest BCUT2D eigenvalue weighted by Crippen LogP contribution is 2.18. The molecular formula is C12H16BrClFNO. The number of hydrogen-bond donors (Lipinski definition) is 0. The van der Waals surface area contributed by atoms with E-state index < -0.39 is 0 Å². The lowest BCUT2D eigenvalue weighted by atomic mass is 10.2. The normalized spacial score (nSPS) is 11.1. The van der Waals surface area contributed by atoms with Crippen LogP contribution in [0.3, 0.4) is 0 Å². The Morgan fingerprint density at radius 2 is 2.18 bits per heavy atom. The highest BCUT2D eigenvalue weighted by Gasteiger charge is 2.09. The minimum atomic E-state index is -0.255. The lowest BCUT2D eigenvalue weighted by Gasteiger charge is -2.21. The summed E-state index contributed by atoms with van der Waals surface area (Å²) >= 11 is 9.44. The third kappa shape index (κ3) is 5.34. The van der Waals surface area contributed by atoms with E-state index in [9.17, 15) is 4.39 Å². The summed E-state index contributed by atoms with van der Waals surface area (Å²) in [5.41, 5.74) is 0.809. The largest absolute Gasteiger partial charge is 0.383 e. The van der Waals surface area contributed by atoms with Crippen LogP contribution in [-0.4, -0.2) is 37.0 Å². The van der Waals surface area contributed by atoms with Gasteiger partial charge in [0.05, 0.1) is 6.61 Å². The van der Waals surface area contributed by atoms with E-state index in [1.807, 2.05) is 0 Å². The summed E-state index contributed by atoms with van der Waals surface area (Å²) in [6.45, 7) is 2.95. The average molecular weight is 325 g/mol. The van der Waals surface area contributed by atoms with Crippen molar-refractivity contribution >= 4 is 27.5 Å². The molecule has 0 radical (unpaired) electrons. The Morgan fingerprint density at radius 1 is 1.41 bits per heavy atom. The van der Waals surface area contributed by atoms with Crippen molar-refractivity contribution in [2.75, 3.05) is 32.1 Å². The molecule has 0 heterocycles. The number of nitrogens with zero attached hydrogens (tertiary/aromatic N) is 1. The predicted molar refractivity (Wildman–Crippen MR) is 72.4 cm³/mol. The minimum Gasteiger partial charge on any atom is -0.383 e. The van der Waals surface area contributed by atoms with Gasteiger partial charge in [0.25, 0.3) is 0 Å². The standard InChI is InChI=1S/C12H16BrClFNO/c1-17-7-6-16(5-4-13)9-10-8-11(15)2-3-12(10)14/h2-3,8H,4-7,9H2,1H3. The zero-order chi connectivity index (χ0) is 12.7. The Bertz CT molecular complexity index is 351. The van der Waals surface area contributed by atoms with Crippen LogP contribution in [0.5, 0.6) is 0 Å². The van der Waals surface area contributed by atoms with E-state index in [2.05, 4.69) is 20.8 Å². The van der Waals surface area contributed by atoms with Gasteiger partial charge in [-0.05, 0) is 23.8 Å². The van der Waals surface area contributed by atoms with E-state index in [1.54, 1.807) is 13.2 Å². The quantitative estimate of drug-likeness (QED) is 0.713. The molecule has 0 unspecified atom stereocenters. The topological polar surface area (TPSA) is 12.5 Å². The van der Waals surface area contributed by atoms with Crippen LogP contribution in [0.25, 0.3) is 0 Å². The molecule has 0 atom stereocenters. The van der Waals surface area contributed by atoms with Gasteiger partial charge in [0.2, 0.25) is 0 Å². The molecule has 5 heteroatoms. The van der Waals surface area contributed by atoms with Crippen LogP contribution < -0.4 is 0 Å². The SMILES string of the molecule is COCCN(CCBr)Cc1cc(F)ccc1Cl. The first-order chi connectivity index (χ1) is 8.17. The fraction of sp³-hybridized carbons (Fsp3) is 0.500. The molecule has 0 aliphatic heterocycles. The van der Waals surface area contributed by atoms with Gasteiger partial charge in [0, 0.05) is 37.1 Å². The third-order valence-electron chi connectivity index (χ3n) is 2.41. The maximum absolute atomic E-state index is 13.1. The summed E-state index contributed by atoms with van der Waals surface area (Å²) in [4.78, 5) is 2.17. The van der Waals surface area contributed by atoms with E-state index >= 15 is 0 Å². The number of rotatable bonds is 7. The summed E-state index contributed by atoms with van der Waals surface area (Å²) in [5, 5.41) is 1.47. The van der Waals surface area contributed by atoms with Gasteiger partial charge < -0.3 is 4.74 Å². The molecule has 2 nitrogen and oxygen atoms in total. The first-order valence-corrected chi connectivity index (χ1v) is 6.88. The Hall–Kier alpha value is -0.160. The first kappa shape index (κ1) is 14.9. The smallest absolute Gasteiger partial charge is 0.123 e. The summed E-state index contributed by atoms with van der Waals surface area (Å²) in [5.74, 6) is -0.255. The predicted octanol–water partition coefficient (Wildman–Crippen LogP) is 3.32. The first-order valence-electron chi connectivity index (χ1n) is 5.38. The molecule has 0 bridgehead atoms. The number of alkyl halides is 1. The molecule has 0 saturated heterocycles. The maximum Gasteiger partial charge on any atom is 0.123 e. The van der Waals surface area contributed by atoms with Gasteiger partial charge >= 0.3 is 0 Å². The molecule has 0 aliphatic carbocycles. The van der Waals surface area contributed by atoms with Gasteiger partial charge in [0.15, 0.2) is 0 Å². The second-order valence-corrected chi connectivity index (χ2v) is 4.89. The van der Waals surface area contributed by atoms with Gasteiger partial charge in [-0.1, -0.05) is 27.5 Å². The van der Waals surface area contributed by atoms with Crippen molar-refractivity contribution in [3.63, 3.8) is 0 Å². The molecule has 0 aliphatic rings. The molecule has 0 aromatic heterocycles. The maximum atomic E-state index is 13.1. The summed E-state index contributed by atoms with van der Waals surface area (Å²) in [6.07, 6.45) is 0. The van der Waals surface area contributed by atoms with Crippen LogP contribution in [-0.2, 0) is 11.3 Å². The zero-order valence-corrected chi connectivity index (χ0v) is 12.1. The van der Waals surface area contributed by atoms with Crippen LogP contribution in [0, 0.1) is 5.82 Å². The Kier molecular flexibility index (Phi) is 7.04. The fourth-order valence-corrected chi connectivity index (χ4v) is 2.19. The van der Waals surface area contributed by atoms with Crippen molar-refractivity contribution in [1.29, 1.82) is 0 Å². The number of benzene rings is 1. The van der Waals surface area contributed by atoms with E-state index in [0.29, 0.717) is 18.2 Å². The van der Waals surface area contributed by atoms with E-state index in [4.69, 9.17) is 16.3 Å². The van der Waals surface area contributed by atoms with Crippen molar-refractivity contribution < 1.29 is 9.13 Å². The Labute approximate surface area is 115 Å². The van der Waals surface area contributed by atoms with Crippen molar-refractivity contribution in [3.8, 4) is 0 Å². The van der Waals surface area contributed by atoms with Crippen LogP contribution in [0.15, 0.2) is 18.2 Å². The zero-order valence-electron chi connectivity index (χ0n) is 9.76. The fourth-order valence-electron chi connectivity index (χ4n) is 1.52. The Morgan fingerprint density at radius 3 is 2.82 bits per heavy atom. The van der Waals surface area contributed by atoms with Crippen molar-refractivity contribution in [3.05, 3.63) is 34.6 Å². The van der Waals surface area contributed by atoms with Gasteiger partial charge in [0.1, 0.15) is 5.82 Å². The third-order valence-corrected chi connectivity index (χ3v) is 3.14. The molecular weight excluding hydrogens is 308 g/mol. The molecule has 0 amide bonds. The van der Waals surface area contributed by atoms with Gasteiger partial charge in [-0.3, -0.25) is 4.90 Å². The highest BCUT2D eigenvalue weighted by molar-refractivity contribution is 9.09. The van der Waals surface area contributed by atoms with E-state index in [-0.39, 0.29) is 5.82 Å². The monoisotopic (exact) mass is 323 g/mol. The molecule has 0 fully saturated rings. The molecule has 0 spiro atoms. The molecule has 0 N–H and O–H groups in total. The molecule has 1 aromatic rings. The average Bonchev–Trinajstić information content (AvgIpc) is 2.31. The second-order valence-electron chi connectivity index (χ2n) is 3.69. The summed E-state index contributed by atoms with van der Waals surface area (Å²) < 4.78 is 18.2. The molecule has 1 aromatic carbocycles. The lowest BCUT2D eigenvalue weighted by molar-refractivity contribution is 0.148. The van der Waals surface area contributed by atoms with Crippen LogP contribution in [0.1, 0.15) is 5.56 Å². The number of ether oxygens (including phenoxy) is 1. The number of halogens is 3. The van der Waals surface area contributed by atoms with E-state index in [0.717, 1.165) is 24.0 Å². The van der Waals surface area contributed by atoms with Crippen molar-refractivity contribution in [2.45, 2.75) is 6.54 Å². The van der Waals surface area contributed by atoms with Crippen LogP contribution in [0.2, 0.25) is 5.02 Å². The van der Waals surface area contributed by atoms with Crippen molar-refractivity contribution in [1.82, 2.24) is 4.90 Å². The van der Waals surface area contributed by atoms with Gasteiger partial charge in [-0.25, -0.2) is 4.39 Å². The van der Waals surface area contributed by atoms with Gasteiger partial charge in [-0.2, -0.15) is 0 Å². The number of hydrogen-bond acceptors (Lipinski definition) is 2. The molecule has 1 rings (SSSR count). The lowest BCUT2D eigenvalue weighted by Crippen LogP contribution is -2.29. The van der Waals surface area contributed by atoms with E-state index in [1.165, 1.54) is 12.1 Å². The molecule has 17 heavy (non-hydrogen) atoms.